The summed E-state index contributed by atoms with van der Waals surface area (Å²) in [7, 11) is -2.98. The van der Waals surface area contributed by atoms with Crippen LogP contribution in [0.2, 0.25) is 0 Å². The Morgan fingerprint density at radius 2 is 2.24 bits per heavy atom. The zero-order chi connectivity index (χ0) is 12.5. The standard InChI is InChI=1S/C10H18N2O4S/c13-6-9-10(14)12(4-1-3-11-9)8-2-5-17(15,16)7-8/h8-9,11,13H,1-7H2. The van der Waals surface area contributed by atoms with Crippen molar-refractivity contribution in [3.05, 3.63) is 0 Å². The molecule has 2 aliphatic rings. The zero-order valence-electron chi connectivity index (χ0n) is 9.63. The average molecular weight is 262 g/mol. The number of carbonyl (C=O) groups excluding carboxylic acids is 1. The van der Waals surface area contributed by atoms with Gasteiger partial charge < -0.3 is 15.3 Å². The van der Waals surface area contributed by atoms with Crippen LogP contribution in [0.3, 0.4) is 0 Å². The molecule has 0 aromatic heterocycles. The van der Waals surface area contributed by atoms with Gasteiger partial charge >= 0.3 is 0 Å². The van der Waals surface area contributed by atoms with Crippen LogP contribution in [0, 0.1) is 0 Å². The molecule has 2 atom stereocenters. The minimum atomic E-state index is -2.98. The molecule has 0 aromatic carbocycles. The number of hydrogen-bond donors (Lipinski definition) is 2. The molecule has 0 spiro atoms. The predicted octanol–water partition coefficient (Wildman–Crippen LogP) is -1.64. The Labute approximate surface area is 101 Å². The van der Waals surface area contributed by atoms with Gasteiger partial charge in [0.05, 0.1) is 18.1 Å². The van der Waals surface area contributed by atoms with Gasteiger partial charge in [0, 0.05) is 12.6 Å². The number of hydrogen-bond acceptors (Lipinski definition) is 5. The first-order chi connectivity index (χ1) is 8.03. The highest BCUT2D eigenvalue weighted by molar-refractivity contribution is 7.91. The molecule has 1 amide bonds. The molecular weight excluding hydrogens is 244 g/mol. The van der Waals surface area contributed by atoms with Gasteiger partial charge in [-0.2, -0.15) is 0 Å². The molecule has 2 aliphatic heterocycles. The third-order valence-corrected chi connectivity index (χ3v) is 5.13. The van der Waals surface area contributed by atoms with Crippen LogP contribution >= 0.6 is 0 Å². The van der Waals surface area contributed by atoms with Crippen LogP contribution in [0.1, 0.15) is 12.8 Å². The maximum Gasteiger partial charge on any atom is 0.242 e. The lowest BCUT2D eigenvalue weighted by atomic mass is 10.2. The number of aliphatic hydroxyl groups is 1. The van der Waals surface area contributed by atoms with Crippen LogP contribution in [0.25, 0.3) is 0 Å². The van der Waals surface area contributed by atoms with Gasteiger partial charge in [0.15, 0.2) is 9.84 Å². The van der Waals surface area contributed by atoms with Crippen LogP contribution in [-0.2, 0) is 14.6 Å². The molecule has 2 saturated heterocycles. The van der Waals surface area contributed by atoms with E-state index in [2.05, 4.69) is 5.32 Å². The molecular formula is C10H18N2O4S. The van der Waals surface area contributed by atoms with E-state index in [1.807, 2.05) is 0 Å². The van der Waals surface area contributed by atoms with Crippen molar-refractivity contribution in [1.82, 2.24) is 10.2 Å². The predicted molar refractivity (Wildman–Crippen MR) is 62.3 cm³/mol. The van der Waals surface area contributed by atoms with E-state index in [0.29, 0.717) is 19.5 Å². The van der Waals surface area contributed by atoms with E-state index in [9.17, 15) is 13.2 Å². The van der Waals surface area contributed by atoms with Crippen LogP contribution < -0.4 is 5.32 Å². The summed E-state index contributed by atoms with van der Waals surface area (Å²) >= 11 is 0. The molecule has 2 unspecified atom stereocenters. The maximum atomic E-state index is 12.1. The highest BCUT2D eigenvalue weighted by Crippen LogP contribution is 2.19. The first kappa shape index (κ1) is 12.8. The van der Waals surface area contributed by atoms with Crippen molar-refractivity contribution in [1.29, 1.82) is 0 Å². The van der Waals surface area contributed by atoms with Crippen LogP contribution in [0.4, 0.5) is 0 Å². The highest BCUT2D eigenvalue weighted by Gasteiger charge is 2.37. The van der Waals surface area contributed by atoms with E-state index >= 15 is 0 Å². The molecule has 6 nitrogen and oxygen atoms in total. The van der Waals surface area contributed by atoms with Crippen LogP contribution in [-0.4, -0.2) is 67.6 Å². The first-order valence-electron chi connectivity index (χ1n) is 5.88. The van der Waals surface area contributed by atoms with Gasteiger partial charge in [-0.05, 0) is 19.4 Å². The largest absolute Gasteiger partial charge is 0.394 e. The third kappa shape index (κ3) is 2.78. The van der Waals surface area contributed by atoms with E-state index in [-0.39, 0.29) is 30.1 Å². The van der Waals surface area contributed by atoms with Crippen molar-refractivity contribution in [2.24, 2.45) is 0 Å². The smallest absolute Gasteiger partial charge is 0.242 e. The fourth-order valence-corrected chi connectivity index (χ4v) is 4.18. The maximum absolute atomic E-state index is 12.1. The molecule has 0 saturated carbocycles. The van der Waals surface area contributed by atoms with E-state index in [0.717, 1.165) is 6.42 Å². The van der Waals surface area contributed by atoms with Crippen molar-refractivity contribution in [2.75, 3.05) is 31.2 Å². The molecule has 2 heterocycles. The molecule has 0 aliphatic carbocycles. The van der Waals surface area contributed by atoms with Crippen molar-refractivity contribution in [2.45, 2.75) is 24.9 Å². The Morgan fingerprint density at radius 3 is 2.82 bits per heavy atom. The monoisotopic (exact) mass is 262 g/mol. The lowest BCUT2D eigenvalue weighted by molar-refractivity contribution is -0.135. The lowest BCUT2D eigenvalue weighted by Gasteiger charge is -2.28. The Balaban J connectivity index is 2.11. The van der Waals surface area contributed by atoms with Crippen molar-refractivity contribution < 1.29 is 18.3 Å². The molecule has 0 radical (unpaired) electrons. The Kier molecular flexibility index (Phi) is 3.70. The van der Waals surface area contributed by atoms with Gasteiger partial charge in [-0.15, -0.1) is 0 Å². The van der Waals surface area contributed by atoms with E-state index in [4.69, 9.17) is 5.11 Å². The summed E-state index contributed by atoms with van der Waals surface area (Å²) in [5.74, 6) is 0.0577. The number of rotatable bonds is 2. The molecule has 2 fully saturated rings. The number of aliphatic hydroxyl groups excluding tert-OH is 1. The average Bonchev–Trinajstić information content (AvgIpc) is 2.53. The highest BCUT2D eigenvalue weighted by atomic mass is 32.2. The minimum absolute atomic E-state index is 0.0664. The summed E-state index contributed by atoms with van der Waals surface area (Å²) in [5, 5.41) is 12.1. The number of sulfone groups is 1. The number of nitrogens with zero attached hydrogens (tertiary/aromatic N) is 1. The number of amides is 1. The minimum Gasteiger partial charge on any atom is -0.394 e. The molecule has 2 N–H and O–H groups in total. The van der Waals surface area contributed by atoms with Crippen molar-refractivity contribution >= 4 is 15.7 Å². The molecule has 7 heteroatoms. The van der Waals surface area contributed by atoms with Gasteiger partial charge in [0.25, 0.3) is 0 Å². The van der Waals surface area contributed by atoms with Crippen LogP contribution in [0.5, 0.6) is 0 Å². The topological polar surface area (TPSA) is 86.7 Å². The fraction of sp³-hybridized carbons (Fsp3) is 0.900. The second-order valence-electron chi connectivity index (χ2n) is 4.63. The Bertz CT molecular complexity index is 395. The Morgan fingerprint density at radius 1 is 1.47 bits per heavy atom. The quantitative estimate of drug-likeness (QED) is 0.623. The van der Waals surface area contributed by atoms with Crippen molar-refractivity contribution in [3.8, 4) is 0 Å². The van der Waals surface area contributed by atoms with Gasteiger partial charge in [-0.3, -0.25) is 4.79 Å². The second kappa shape index (κ2) is 4.91. The normalized spacial score (nSPS) is 33.7. The molecule has 17 heavy (non-hydrogen) atoms. The summed E-state index contributed by atoms with van der Waals surface area (Å²) in [6.45, 7) is 1.00. The van der Waals surface area contributed by atoms with Gasteiger partial charge in [-0.1, -0.05) is 0 Å². The fourth-order valence-electron chi connectivity index (χ4n) is 2.45. The number of nitrogens with one attached hydrogen (secondary N) is 1. The zero-order valence-corrected chi connectivity index (χ0v) is 10.4. The molecule has 0 bridgehead atoms. The van der Waals surface area contributed by atoms with E-state index in [1.54, 1.807) is 4.90 Å². The van der Waals surface area contributed by atoms with E-state index < -0.39 is 15.9 Å². The molecule has 0 aromatic rings. The summed E-state index contributed by atoms with van der Waals surface area (Å²) in [4.78, 5) is 13.7. The van der Waals surface area contributed by atoms with E-state index in [1.165, 1.54) is 0 Å². The summed E-state index contributed by atoms with van der Waals surface area (Å²) in [5.41, 5.74) is 0. The number of carbonyl (C=O) groups is 1. The lowest BCUT2D eigenvalue weighted by Crippen LogP contribution is -2.49. The summed E-state index contributed by atoms with van der Waals surface area (Å²) in [6.07, 6.45) is 1.31. The summed E-state index contributed by atoms with van der Waals surface area (Å²) in [6, 6.07) is -0.790. The third-order valence-electron chi connectivity index (χ3n) is 3.38. The van der Waals surface area contributed by atoms with Crippen molar-refractivity contribution in [3.63, 3.8) is 0 Å². The summed E-state index contributed by atoms with van der Waals surface area (Å²) < 4.78 is 22.8. The van der Waals surface area contributed by atoms with Gasteiger partial charge in [0.2, 0.25) is 5.91 Å². The second-order valence-corrected chi connectivity index (χ2v) is 6.86. The van der Waals surface area contributed by atoms with Gasteiger partial charge in [0.1, 0.15) is 6.04 Å². The molecule has 98 valence electrons. The molecule has 2 rings (SSSR count). The Hall–Kier alpha value is -0.660. The van der Waals surface area contributed by atoms with Gasteiger partial charge in [-0.25, -0.2) is 8.42 Å². The first-order valence-corrected chi connectivity index (χ1v) is 7.71. The van der Waals surface area contributed by atoms with Crippen LogP contribution in [0.15, 0.2) is 0 Å². The SMILES string of the molecule is O=C1C(CO)NCCCN1C1CCS(=O)(=O)C1.